The number of hydrogen-bond donors (Lipinski definition) is 2. The molecule has 0 heterocycles. The van der Waals surface area contributed by atoms with Crippen LogP contribution in [0.1, 0.15) is 72.6 Å². The van der Waals surface area contributed by atoms with Gasteiger partial charge in [0, 0.05) is 18.1 Å². The molecule has 2 atom stereocenters. The first-order valence-corrected chi connectivity index (χ1v) is 8.63. The molecule has 0 aliphatic heterocycles. The fourth-order valence-corrected chi connectivity index (χ4v) is 3.32. The van der Waals surface area contributed by atoms with Gasteiger partial charge in [-0.25, -0.2) is 4.79 Å². The Hall–Kier alpha value is -0.770. The smallest absolute Gasteiger partial charge is 0.407 e. The highest BCUT2D eigenvalue weighted by Crippen LogP contribution is 2.36. The first kappa shape index (κ1) is 16.6. The largest absolute Gasteiger partial charge is 0.444 e. The SMILES string of the molecule is CCCC1CC1NC1CCC(NC(=O)OC(C)(C)C)CC1. The van der Waals surface area contributed by atoms with Gasteiger partial charge in [0.25, 0.3) is 0 Å². The first-order chi connectivity index (χ1) is 9.87. The van der Waals surface area contributed by atoms with Crippen molar-refractivity contribution in [3.05, 3.63) is 0 Å². The maximum Gasteiger partial charge on any atom is 0.407 e. The molecule has 2 rings (SSSR count). The van der Waals surface area contributed by atoms with E-state index in [1.165, 1.54) is 19.3 Å². The van der Waals surface area contributed by atoms with Crippen LogP contribution in [0.2, 0.25) is 0 Å². The Balaban J connectivity index is 1.61. The van der Waals surface area contributed by atoms with Gasteiger partial charge in [0.1, 0.15) is 5.60 Å². The van der Waals surface area contributed by atoms with Crippen LogP contribution in [0, 0.1) is 5.92 Å². The van der Waals surface area contributed by atoms with Crippen LogP contribution < -0.4 is 10.6 Å². The third kappa shape index (κ3) is 5.85. The van der Waals surface area contributed by atoms with Gasteiger partial charge >= 0.3 is 6.09 Å². The number of hydrogen-bond acceptors (Lipinski definition) is 3. The van der Waals surface area contributed by atoms with Crippen molar-refractivity contribution in [2.24, 2.45) is 5.92 Å². The Morgan fingerprint density at radius 2 is 1.76 bits per heavy atom. The highest BCUT2D eigenvalue weighted by molar-refractivity contribution is 5.68. The summed E-state index contributed by atoms with van der Waals surface area (Å²) in [4.78, 5) is 11.8. The number of alkyl carbamates (subject to hydrolysis) is 1. The predicted octanol–water partition coefficient (Wildman–Crippen LogP) is 3.60. The van der Waals surface area contributed by atoms with Gasteiger partial charge in [0.05, 0.1) is 0 Å². The van der Waals surface area contributed by atoms with Gasteiger partial charge < -0.3 is 15.4 Å². The summed E-state index contributed by atoms with van der Waals surface area (Å²) < 4.78 is 5.32. The average Bonchev–Trinajstić information content (AvgIpc) is 3.08. The van der Waals surface area contributed by atoms with Gasteiger partial charge in [-0.15, -0.1) is 0 Å². The molecule has 4 heteroatoms. The standard InChI is InChI=1S/C17H32N2O2/c1-5-6-12-11-15(12)18-13-7-9-14(10-8-13)19-16(20)21-17(2,3)4/h12-15,18H,5-11H2,1-4H3,(H,19,20). The zero-order valence-corrected chi connectivity index (χ0v) is 14.1. The van der Waals surface area contributed by atoms with Crippen molar-refractivity contribution in [3.63, 3.8) is 0 Å². The molecular weight excluding hydrogens is 264 g/mol. The number of ether oxygens (including phenoxy) is 1. The van der Waals surface area contributed by atoms with Gasteiger partial charge in [-0.3, -0.25) is 0 Å². The molecule has 2 saturated carbocycles. The minimum Gasteiger partial charge on any atom is -0.444 e. The molecular formula is C17H32N2O2. The van der Waals surface area contributed by atoms with Crippen LogP contribution in [0.25, 0.3) is 0 Å². The van der Waals surface area contributed by atoms with Gasteiger partial charge in [-0.1, -0.05) is 13.3 Å². The normalized spacial score (nSPS) is 32.6. The molecule has 4 nitrogen and oxygen atoms in total. The molecule has 0 aromatic rings. The van der Waals surface area contributed by atoms with E-state index in [-0.39, 0.29) is 12.1 Å². The van der Waals surface area contributed by atoms with E-state index in [0.717, 1.165) is 37.6 Å². The summed E-state index contributed by atoms with van der Waals surface area (Å²) in [6, 6.07) is 1.70. The molecule has 0 radical (unpaired) electrons. The molecule has 0 spiro atoms. The summed E-state index contributed by atoms with van der Waals surface area (Å²) in [6.07, 6.45) is 8.20. The molecule has 0 bridgehead atoms. The summed E-state index contributed by atoms with van der Waals surface area (Å²) in [5, 5.41) is 6.80. The van der Waals surface area contributed by atoms with Crippen molar-refractivity contribution >= 4 is 6.09 Å². The van der Waals surface area contributed by atoms with E-state index < -0.39 is 5.60 Å². The maximum absolute atomic E-state index is 11.8. The molecule has 2 unspecified atom stereocenters. The van der Waals surface area contributed by atoms with Gasteiger partial charge in [0.2, 0.25) is 0 Å². The number of amides is 1. The van der Waals surface area contributed by atoms with Crippen LogP contribution in [0.15, 0.2) is 0 Å². The van der Waals surface area contributed by atoms with Crippen LogP contribution >= 0.6 is 0 Å². The summed E-state index contributed by atoms with van der Waals surface area (Å²) in [7, 11) is 0. The molecule has 2 fully saturated rings. The van der Waals surface area contributed by atoms with Crippen LogP contribution in [0.3, 0.4) is 0 Å². The highest BCUT2D eigenvalue weighted by atomic mass is 16.6. The minimum atomic E-state index is -0.414. The van der Waals surface area contributed by atoms with Crippen molar-refractivity contribution in [2.45, 2.75) is 96.4 Å². The van der Waals surface area contributed by atoms with E-state index in [4.69, 9.17) is 4.74 Å². The summed E-state index contributed by atoms with van der Waals surface area (Å²) >= 11 is 0. The van der Waals surface area contributed by atoms with E-state index in [1.807, 2.05) is 20.8 Å². The zero-order valence-electron chi connectivity index (χ0n) is 14.1. The lowest BCUT2D eigenvalue weighted by Crippen LogP contribution is -2.44. The lowest BCUT2D eigenvalue weighted by atomic mass is 9.91. The third-order valence-corrected chi connectivity index (χ3v) is 4.48. The Labute approximate surface area is 129 Å². The fraction of sp³-hybridized carbons (Fsp3) is 0.941. The van der Waals surface area contributed by atoms with E-state index >= 15 is 0 Å². The van der Waals surface area contributed by atoms with Crippen LogP contribution in [-0.2, 0) is 4.74 Å². The maximum atomic E-state index is 11.8. The molecule has 0 saturated heterocycles. The molecule has 2 aliphatic carbocycles. The molecule has 21 heavy (non-hydrogen) atoms. The third-order valence-electron chi connectivity index (χ3n) is 4.48. The fourth-order valence-electron chi connectivity index (χ4n) is 3.32. The Bertz CT molecular complexity index is 343. The number of rotatable bonds is 5. The van der Waals surface area contributed by atoms with E-state index in [9.17, 15) is 4.79 Å². The molecule has 1 amide bonds. The minimum absolute atomic E-state index is 0.274. The second kappa shape index (κ2) is 6.99. The molecule has 2 N–H and O–H groups in total. The second-order valence-electron chi connectivity index (χ2n) is 7.75. The Morgan fingerprint density at radius 3 is 2.33 bits per heavy atom. The monoisotopic (exact) mass is 296 g/mol. The van der Waals surface area contributed by atoms with Gasteiger partial charge in [0.15, 0.2) is 0 Å². The summed E-state index contributed by atoms with van der Waals surface area (Å²) in [5.74, 6) is 0.924. The quantitative estimate of drug-likeness (QED) is 0.815. The molecule has 0 aromatic heterocycles. The van der Waals surface area contributed by atoms with Crippen molar-refractivity contribution in [1.29, 1.82) is 0 Å². The van der Waals surface area contributed by atoms with Crippen molar-refractivity contribution in [1.82, 2.24) is 10.6 Å². The lowest BCUT2D eigenvalue weighted by Gasteiger charge is -2.30. The van der Waals surface area contributed by atoms with Crippen LogP contribution in [0.5, 0.6) is 0 Å². The number of nitrogens with one attached hydrogen (secondary N) is 2. The van der Waals surface area contributed by atoms with Crippen molar-refractivity contribution in [2.75, 3.05) is 0 Å². The summed E-state index contributed by atoms with van der Waals surface area (Å²) in [5.41, 5.74) is -0.414. The van der Waals surface area contributed by atoms with E-state index in [1.54, 1.807) is 0 Å². The Morgan fingerprint density at radius 1 is 1.14 bits per heavy atom. The highest BCUT2D eigenvalue weighted by Gasteiger charge is 2.37. The predicted molar refractivity (Wildman–Crippen MR) is 85.4 cm³/mol. The van der Waals surface area contributed by atoms with Crippen LogP contribution in [0.4, 0.5) is 4.79 Å². The van der Waals surface area contributed by atoms with E-state index in [0.29, 0.717) is 6.04 Å². The average molecular weight is 296 g/mol. The molecule has 0 aromatic carbocycles. The van der Waals surface area contributed by atoms with Crippen LogP contribution in [-0.4, -0.2) is 29.8 Å². The van der Waals surface area contributed by atoms with Gasteiger partial charge in [-0.2, -0.15) is 0 Å². The Kier molecular flexibility index (Phi) is 5.53. The van der Waals surface area contributed by atoms with Crippen molar-refractivity contribution in [3.8, 4) is 0 Å². The lowest BCUT2D eigenvalue weighted by molar-refractivity contribution is 0.0489. The number of carbonyl (C=O) groups is 1. The van der Waals surface area contributed by atoms with Crippen molar-refractivity contribution < 1.29 is 9.53 Å². The van der Waals surface area contributed by atoms with Gasteiger partial charge in [-0.05, 0) is 65.2 Å². The second-order valence-corrected chi connectivity index (χ2v) is 7.75. The van der Waals surface area contributed by atoms with E-state index in [2.05, 4.69) is 17.6 Å². The molecule has 122 valence electrons. The number of carbonyl (C=O) groups excluding carboxylic acids is 1. The topological polar surface area (TPSA) is 50.4 Å². The first-order valence-electron chi connectivity index (χ1n) is 8.63. The summed E-state index contributed by atoms with van der Waals surface area (Å²) in [6.45, 7) is 7.96. The molecule has 2 aliphatic rings. The zero-order chi connectivity index (χ0) is 15.5.